The fourth-order valence-corrected chi connectivity index (χ4v) is 6.73. The number of carbonyl (C=O) groups excluding carboxylic acids is 2. The molecule has 2 fully saturated rings. The standard InChI is InChI=1S/C27H35N3O5S/c1-20(31)29-23-11-15-25(16-12-23)36(33,34)30-18-5-8-26(30)27(32)28-17-19-35-24-13-9-22(10-14-24)21-6-3-2-4-7-21/h9-16,21,26H,2-8,17-19H2,1H3,(H,28,32)(H,29,31)/t26-/m1/s1. The van der Waals surface area contributed by atoms with Crippen molar-refractivity contribution in [3.05, 3.63) is 54.1 Å². The maximum Gasteiger partial charge on any atom is 0.243 e. The van der Waals surface area contributed by atoms with Gasteiger partial charge in [-0.3, -0.25) is 9.59 Å². The summed E-state index contributed by atoms with van der Waals surface area (Å²) in [6, 6.07) is 13.4. The van der Waals surface area contributed by atoms with Gasteiger partial charge in [-0.2, -0.15) is 4.31 Å². The number of hydrogen-bond acceptors (Lipinski definition) is 5. The Kier molecular flexibility index (Phi) is 8.64. The zero-order chi connectivity index (χ0) is 25.5. The van der Waals surface area contributed by atoms with Gasteiger partial charge in [0, 0.05) is 19.2 Å². The van der Waals surface area contributed by atoms with Crippen molar-refractivity contribution in [2.45, 2.75) is 68.7 Å². The highest BCUT2D eigenvalue weighted by Gasteiger charge is 2.39. The molecule has 194 valence electrons. The molecule has 0 aromatic heterocycles. The van der Waals surface area contributed by atoms with Gasteiger partial charge in [-0.05, 0) is 73.6 Å². The van der Waals surface area contributed by atoms with E-state index in [1.54, 1.807) is 12.1 Å². The maximum atomic E-state index is 13.2. The van der Waals surface area contributed by atoms with E-state index in [1.807, 2.05) is 12.1 Å². The van der Waals surface area contributed by atoms with Crippen molar-refractivity contribution in [3.63, 3.8) is 0 Å². The van der Waals surface area contributed by atoms with Crippen molar-refractivity contribution in [2.24, 2.45) is 0 Å². The fraction of sp³-hybridized carbons (Fsp3) is 0.481. The number of ether oxygens (including phenoxy) is 1. The molecule has 2 amide bonds. The smallest absolute Gasteiger partial charge is 0.243 e. The summed E-state index contributed by atoms with van der Waals surface area (Å²) >= 11 is 0. The van der Waals surface area contributed by atoms with Crippen LogP contribution in [0.2, 0.25) is 0 Å². The van der Waals surface area contributed by atoms with Crippen LogP contribution >= 0.6 is 0 Å². The van der Waals surface area contributed by atoms with Crippen LogP contribution < -0.4 is 15.4 Å². The molecule has 1 saturated carbocycles. The van der Waals surface area contributed by atoms with Crippen LogP contribution in [0.5, 0.6) is 5.75 Å². The molecular formula is C27H35N3O5S. The van der Waals surface area contributed by atoms with E-state index in [0.717, 1.165) is 5.75 Å². The van der Waals surface area contributed by atoms with Crippen LogP contribution in [0.1, 0.15) is 63.4 Å². The molecule has 36 heavy (non-hydrogen) atoms. The number of amides is 2. The lowest BCUT2D eigenvalue weighted by molar-refractivity contribution is -0.124. The lowest BCUT2D eigenvalue weighted by Crippen LogP contribution is -2.46. The summed E-state index contributed by atoms with van der Waals surface area (Å²) in [5.74, 6) is 0.856. The van der Waals surface area contributed by atoms with Gasteiger partial charge in [0.15, 0.2) is 0 Å². The van der Waals surface area contributed by atoms with E-state index in [1.165, 1.54) is 61.0 Å². The summed E-state index contributed by atoms with van der Waals surface area (Å²) in [6.45, 7) is 2.27. The Morgan fingerprint density at radius 1 is 0.944 bits per heavy atom. The van der Waals surface area contributed by atoms with Crippen molar-refractivity contribution in [1.82, 2.24) is 9.62 Å². The molecule has 1 aliphatic heterocycles. The molecule has 4 rings (SSSR count). The van der Waals surface area contributed by atoms with E-state index in [0.29, 0.717) is 37.6 Å². The van der Waals surface area contributed by atoms with Gasteiger partial charge in [-0.15, -0.1) is 0 Å². The predicted octanol–water partition coefficient (Wildman–Crippen LogP) is 4.04. The number of anilines is 1. The van der Waals surface area contributed by atoms with Crippen molar-refractivity contribution < 1.29 is 22.7 Å². The van der Waals surface area contributed by atoms with Crippen molar-refractivity contribution in [1.29, 1.82) is 0 Å². The number of nitrogens with one attached hydrogen (secondary N) is 2. The average molecular weight is 514 g/mol. The number of sulfonamides is 1. The van der Waals surface area contributed by atoms with Crippen molar-refractivity contribution in [3.8, 4) is 5.75 Å². The second kappa shape index (κ2) is 11.9. The van der Waals surface area contributed by atoms with Crippen molar-refractivity contribution >= 4 is 27.5 Å². The molecule has 0 bridgehead atoms. The van der Waals surface area contributed by atoms with Crippen LogP contribution in [0, 0.1) is 0 Å². The Balaban J connectivity index is 1.27. The first-order valence-electron chi connectivity index (χ1n) is 12.7. The van der Waals surface area contributed by atoms with E-state index >= 15 is 0 Å². The summed E-state index contributed by atoms with van der Waals surface area (Å²) in [7, 11) is -3.84. The molecule has 1 saturated heterocycles. The second-order valence-electron chi connectivity index (χ2n) is 9.52. The second-order valence-corrected chi connectivity index (χ2v) is 11.4. The highest BCUT2D eigenvalue weighted by Crippen LogP contribution is 2.33. The van der Waals surface area contributed by atoms with Gasteiger partial charge in [0.2, 0.25) is 21.8 Å². The Morgan fingerprint density at radius 3 is 2.31 bits per heavy atom. The lowest BCUT2D eigenvalue weighted by Gasteiger charge is -2.23. The summed E-state index contributed by atoms with van der Waals surface area (Å²) < 4.78 is 33.4. The Labute approximate surface area is 213 Å². The van der Waals surface area contributed by atoms with Gasteiger partial charge < -0.3 is 15.4 Å². The molecule has 2 aromatic rings. The van der Waals surface area contributed by atoms with Gasteiger partial charge in [0.25, 0.3) is 0 Å². The summed E-state index contributed by atoms with van der Waals surface area (Å²) in [4.78, 5) is 24.1. The zero-order valence-corrected chi connectivity index (χ0v) is 21.6. The molecule has 9 heteroatoms. The van der Waals surface area contributed by atoms with Gasteiger partial charge >= 0.3 is 0 Å². The van der Waals surface area contributed by atoms with Crippen LogP contribution in [0.25, 0.3) is 0 Å². The summed E-state index contributed by atoms with van der Waals surface area (Å²) in [5, 5.41) is 5.44. The first-order chi connectivity index (χ1) is 17.3. The van der Waals surface area contributed by atoms with E-state index in [-0.39, 0.29) is 23.3 Å². The summed E-state index contributed by atoms with van der Waals surface area (Å²) in [6.07, 6.45) is 7.52. The third kappa shape index (κ3) is 6.44. The van der Waals surface area contributed by atoms with Crippen LogP contribution in [-0.2, 0) is 19.6 Å². The normalized spacial score (nSPS) is 19.1. The number of benzene rings is 2. The highest BCUT2D eigenvalue weighted by atomic mass is 32.2. The first kappa shape index (κ1) is 26.2. The third-order valence-electron chi connectivity index (χ3n) is 6.91. The quantitative estimate of drug-likeness (QED) is 0.493. The molecule has 2 aliphatic rings. The average Bonchev–Trinajstić information content (AvgIpc) is 3.39. The SMILES string of the molecule is CC(=O)Nc1ccc(S(=O)(=O)N2CCC[C@@H]2C(=O)NCCOc2ccc(C3CCCCC3)cc2)cc1. The molecular weight excluding hydrogens is 478 g/mol. The topological polar surface area (TPSA) is 105 Å². The minimum atomic E-state index is -3.84. The molecule has 1 heterocycles. The molecule has 8 nitrogen and oxygen atoms in total. The van der Waals surface area contributed by atoms with E-state index in [9.17, 15) is 18.0 Å². The molecule has 2 aromatic carbocycles. The number of rotatable bonds is 9. The van der Waals surface area contributed by atoms with Gasteiger partial charge in [0.05, 0.1) is 11.4 Å². The largest absolute Gasteiger partial charge is 0.492 e. The predicted molar refractivity (Wildman–Crippen MR) is 138 cm³/mol. The minimum Gasteiger partial charge on any atom is -0.492 e. The van der Waals surface area contributed by atoms with Gasteiger partial charge in [0.1, 0.15) is 18.4 Å². The monoisotopic (exact) mass is 513 g/mol. The Hall–Kier alpha value is -2.91. The Morgan fingerprint density at radius 2 is 1.64 bits per heavy atom. The first-order valence-corrected chi connectivity index (χ1v) is 14.2. The van der Waals surface area contributed by atoms with Crippen LogP contribution in [0.3, 0.4) is 0 Å². The van der Waals surface area contributed by atoms with Gasteiger partial charge in [-0.25, -0.2) is 8.42 Å². The third-order valence-corrected chi connectivity index (χ3v) is 8.84. The lowest BCUT2D eigenvalue weighted by atomic mass is 9.84. The van der Waals surface area contributed by atoms with E-state index in [4.69, 9.17) is 4.74 Å². The maximum absolute atomic E-state index is 13.2. The van der Waals surface area contributed by atoms with Crippen LogP contribution in [0.4, 0.5) is 5.69 Å². The molecule has 0 unspecified atom stereocenters. The minimum absolute atomic E-state index is 0.0938. The van der Waals surface area contributed by atoms with E-state index in [2.05, 4.69) is 22.8 Å². The number of carbonyl (C=O) groups is 2. The molecule has 2 N–H and O–H groups in total. The highest BCUT2D eigenvalue weighted by molar-refractivity contribution is 7.89. The zero-order valence-electron chi connectivity index (χ0n) is 20.7. The van der Waals surface area contributed by atoms with E-state index < -0.39 is 16.1 Å². The van der Waals surface area contributed by atoms with Crippen molar-refractivity contribution in [2.75, 3.05) is 25.0 Å². The molecule has 0 spiro atoms. The molecule has 0 radical (unpaired) electrons. The van der Waals surface area contributed by atoms with Gasteiger partial charge in [-0.1, -0.05) is 31.4 Å². The summed E-state index contributed by atoms with van der Waals surface area (Å²) in [5.41, 5.74) is 1.88. The van der Waals surface area contributed by atoms with Crippen LogP contribution in [-0.4, -0.2) is 50.3 Å². The van der Waals surface area contributed by atoms with Crippen LogP contribution in [0.15, 0.2) is 53.4 Å². The number of nitrogens with zero attached hydrogens (tertiary/aromatic N) is 1. The Bertz CT molecular complexity index is 1140. The molecule has 1 atom stereocenters. The fourth-order valence-electron chi connectivity index (χ4n) is 5.07. The number of hydrogen-bond donors (Lipinski definition) is 2. The molecule has 1 aliphatic carbocycles.